The second-order valence-electron chi connectivity index (χ2n) is 9.11. The van der Waals surface area contributed by atoms with Gasteiger partial charge in [0.2, 0.25) is 5.91 Å². The lowest BCUT2D eigenvalue weighted by Crippen LogP contribution is -2.36. The van der Waals surface area contributed by atoms with Gasteiger partial charge >= 0.3 is 0 Å². The standard InChI is InChI=1S/C31H30N2O5S/c1-5-9-24-15-23(16-26(37-4)29(24)38-19-22-10-7-6-8-11-22)17-27-30(35)33(31(36)39-27)18-28(34)32-25-13-12-20(2)14-21(25)3/h5-8,10-17H,1,9,18-19H2,2-4H3,(H,32,34)/b27-17-. The fraction of sp³-hybridized carbons (Fsp3) is 0.194. The molecule has 1 aliphatic rings. The molecular formula is C31H30N2O5S. The molecule has 7 nitrogen and oxygen atoms in total. The van der Waals surface area contributed by atoms with E-state index in [4.69, 9.17) is 9.47 Å². The quantitative estimate of drug-likeness (QED) is 0.239. The van der Waals surface area contributed by atoms with Crippen LogP contribution in [0.4, 0.5) is 10.5 Å². The first-order valence-electron chi connectivity index (χ1n) is 12.4. The average molecular weight is 543 g/mol. The van der Waals surface area contributed by atoms with Crippen molar-refractivity contribution >= 4 is 40.6 Å². The Morgan fingerprint density at radius 3 is 2.54 bits per heavy atom. The fourth-order valence-corrected chi connectivity index (χ4v) is 5.03. The SMILES string of the molecule is C=CCc1cc(/C=C2\SC(=O)N(CC(=O)Nc3ccc(C)cc3C)C2=O)cc(OC)c1OCc1ccccc1. The highest BCUT2D eigenvalue weighted by molar-refractivity contribution is 8.18. The highest BCUT2D eigenvalue weighted by Crippen LogP contribution is 2.37. The van der Waals surface area contributed by atoms with E-state index >= 15 is 0 Å². The lowest BCUT2D eigenvalue weighted by atomic mass is 10.0. The zero-order valence-electron chi connectivity index (χ0n) is 22.2. The molecule has 1 N–H and O–H groups in total. The third kappa shape index (κ3) is 6.78. The smallest absolute Gasteiger partial charge is 0.294 e. The van der Waals surface area contributed by atoms with Crippen LogP contribution < -0.4 is 14.8 Å². The summed E-state index contributed by atoms with van der Waals surface area (Å²) < 4.78 is 11.7. The number of amides is 3. The van der Waals surface area contributed by atoms with Crippen molar-refractivity contribution in [1.29, 1.82) is 0 Å². The number of thioether (sulfide) groups is 1. The number of carbonyl (C=O) groups is 3. The van der Waals surface area contributed by atoms with Crippen molar-refractivity contribution in [2.24, 2.45) is 0 Å². The van der Waals surface area contributed by atoms with Crippen molar-refractivity contribution in [2.75, 3.05) is 19.0 Å². The van der Waals surface area contributed by atoms with E-state index in [0.29, 0.717) is 35.8 Å². The van der Waals surface area contributed by atoms with Crippen molar-refractivity contribution in [3.05, 3.63) is 106 Å². The van der Waals surface area contributed by atoms with Crippen molar-refractivity contribution in [2.45, 2.75) is 26.9 Å². The molecule has 0 aliphatic carbocycles. The van der Waals surface area contributed by atoms with Gasteiger partial charge in [0.05, 0.1) is 12.0 Å². The van der Waals surface area contributed by atoms with E-state index in [0.717, 1.165) is 38.9 Å². The predicted molar refractivity (Wildman–Crippen MR) is 155 cm³/mol. The molecule has 0 radical (unpaired) electrons. The molecule has 0 unspecified atom stereocenters. The number of anilines is 1. The molecule has 0 saturated carbocycles. The minimum Gasteiger partial charge on any atom is -0.493 e. The van der Waals surface area contributed by atoms with Crippen molar-refractivity contribution < 1.29 is 23.9 Å². The van der Waals surface area contributed by atoms with Gasteiger partial charge in [-0.1, -0.05) is 54.1 Å². The fourth-order valence-electron chi connectivity index (χ4n) is 4.19. The van der Waals surface area contributed by atoms with Crippen LogP contribution in [0, 0.1) is 13.8 Å². The molecule has 200 valence electrons. The summed E-state index contributed by atoms with van der Waals surface area (Å²) in [7, 11) is 1.55. The van der Waals surface area contributed by atoms with E-state index in [1.165, 1.54) is 0 Å². The summed E-state index contributed by atoms with van der Waals surface area (Å²) in [5, 5.41) is 2.29. The van der Waals surface area contributed by atoms with Gasteiger partial charge in [0.1, 0.15) is 13.2 Å². The van der Waals surface area contributed by atoms with Gasteiger partial charge in [0.25, 0.3) is 11.1 Å². The second-order valence-corrected chi connectivity index (χ2v) is 10.1. The molecule has 1 aliphatic heterocycles. The summed E-state index contributed by atoms with van der Waals surface area (Å²) in [6, 6.07) is 19.1. The van der Waals surface area contributed by atoms with Crippen LogP contribution in [0.3, 0.4) is 0 Å². The molecule has 0 atom stereocenters. The third-order valence-corrected chi connectivity index (χ3v) is 7.00. The van der Waals surface area contributed by atoms with E-state index in [1.54, 1.807) is 31.4 Å². The maximum Gasteiger partial charge on any atom is 0.294 e. The number of methoxy groups -OCH3 is 1. The summed E-state index contributed by atoms with van der Waals surface area (Å²) in [6.45, 7) is 7.69. The van der Waals surface area contributed by atoms with Crippen LogP contribution in [-0.4, -0.2) is 35.6 Å². The Labute approximate surface area is 232 Å². The summed E-state index contributed by atoms with van der Waals surface area (Å²) >= 11 is 0.801. The zero-order valence-corrected chi connectivity index (χ0v) is 23.0. The van der Waals surface area contributed by atoms with E-state index in [1.807, 2.05) is 62.4 Å². The maximum absolute atomic E-state index is 13.1. The van der Waals surface area contributed by atoms with Gasteiger partial charge in [-0.25, -0.2) is 0 Å². The van der Waals surface area contributed by atoms with Gasteiger partial charge < -0.3 is 14.8 Å². The number of hydrogen-bond donors (Lipinski definition) is 1. The van der Waals surface area contributed by atoms with Gasteiger partial charge in [0.15, 0.2) is 11.5 Å². The molecule has 8 heteroatoms. The molecule has 3 aromatic rings. The van der Waals surface area contributed by atoms with Gasteiger partial charge in [-0.3, -0.25) is 19.3 Å². The summed E-state index contributed by atoms with van der Waals surface area (Å²) in [6.07, 6.45) is 3.90. The zero-order chi connectivity index (χ0) is 27.9. The summed E-state index contributed by atoms with van der Waals surface area (Å²) in [5.41, 5.74) is 5.13. The molecule has 4 rings (SSSR count). The molecule has 0 bridgehead atoms. The molecule has 0 spiro atoms. The van der Waals surface area contributed by atoms with Crippen LogP contribution in [0.1, 0.15) is 27.8 Å². The number of allylic oxidation sites excluding steroid dienone is 1. The number of benzene rings is 3. The second kappa shape index (κ2) is 12.5. The number of carbonyl (C=O) groups excluding carboxylic acids is 3. The topological polar surface area (TPSA) is 84.9 Å². The van der Waals surface area contributed by atoms with E-state index in [9.17, 15) is 14.4 Å². The maximum atomic E-state index is 13.1. The van der Waals surface area contributed by atoms with Crippen LogP contribution in [0.2, 0.25) is 0 Å². The van der Waals surface area contributed by atoms with Gasteiger partial charge in [-0.15, -0.1) is 6.58 Å². The Morgan fingerprint density at radius 2 is 1.85 bits per heavy atom. The Kier molecular flexibility index (Phi) is 8.88. The number of aryl methyl sites for hydroxylation is 2. The summed E-state index contributed by atoms with van der Waals surface area (Å²) in [4.78, 5) is 39.5. The lowest BCUT2D eigenvalue weighted by molar-refractivity contribution is -0.127. The molecule has 39 heavy (non-hydrogen) atoms. The number of rotatable bonds is 10. The first-order chi connectivity index (χ1) is 18.8. The van der Waals surface area contributed by atoms with Gasteiger partial charge in [-0.2, -0.15) is 0 Å². The summed E-state index contributed by atoms with van der Waals surface area (Å²) in [5.74, 6) is 0.132. The number of imide groups is 1. The molecule has 3 aromatic carbocycles. The van der Waals surface area contributed by atoms with Crippen LogP contribution in [-0.2, 0) is 22.6 Å². The highest BCUT2D eigenvalue weighted by Gasteiger charge is 2.36. The average Bonchev–Trinajstić information content (AvgIpc) is 3.17. The highest BCUT2D eigenvalue weighted by atomic mass is 32.2. The van der Waals surface area contributed by atoms with Gasteiger partial charge in [-0.05, 0) is 73.0 Å². The van der Waals surface area contributed by atoms with Crippen LogP contribution >= 0.6 is 11.8 Å². The molecular weight excluding hydrogens is 512 g/mol. The monoisotopic (exact) mass is 542 g/mol. The van der Waals surface area contributed by atoms with Crippen molar-refractivity contribution in [3.63, 3.8) is 0 Å². The van der Waals surface area contributed by atoms with Gasteiger partial charge in [0, 0.05) is 11.3 Å². The minimum atomic E-state index is -0.519. The molecule has 3 amide bonds. The Bertz CT molecular complexity index is 1450. The first kappa shape index (κ1) is 27.7. The Morgan fingerprint density at radius 1 is 1.08 bits per heavy atom. The molecule has 1 fully saturated rings. The predicted octanol–water partition coefficient (Wildman–Crippen LogP) is 6.29. The van der Waals surface area contributed by atoms with E-state index < -0.39 is 17.1 Å². The number of hydrogen-bond acceptors (Lipinski definition) is 6. The minimum absolute atomic E-state index is 0.226. The lowest BCUT2D eigenvalue weighted by Gasteiger charge is -2.16. The molecule has 1 heterocycles. The third-order valence-electron chi connectivity index (χ3n) is 6.09. The molecule has 0 aromatic heterocycles. The first-order valence-corrected chi connectivity index (χ1v) is 13.2. The van der Waals surface area contributed by atoms with Crippen LogP contribution in [0.15, 0.2) is 78.2 Å². The van der Waals surface area contributed by atoms with Crippen molar-refractivity contribution in [3.8, 4) is 11.5 Å². The van der Waals surface area contributed by atoms with Crippen LogP contribution in [0.25, 0.3) is 6.08 Å². The Hall–Kier alpha value is -4.30. The number of ether oxygens (including phenoxy) is 2. The largest absolute Gasteiger partial charge is 0.493 e. The number of nitrogens with one attached hydrogen (secondary N) is 1. The Balaban J connectivity index is 1.52. The normalized spacial score (nSPS) is 14.0. The number of nitrogens with zero attached hydrogens (tertiary/aromatic N) is 1. The van der Waals surface area contributed by atoms with Crippen LogP contribution in [0.5, 0.6) is 11.5 Å². The van der Waals surface area contributed by atoms with E-state index in [2.05, 4.69) is 11.9 Å². The van der Waals surface area contributed by atoms with Crippen molar-refractivity contribution in [1.82, 2.24) is 4.90 Å². The molecule has 1 saturated heterocycles. The van der Waals surface area contributed by atoms with E-state index in [-0.39, 0.29) is 11.4 Å².